The minimum absolute atomic E-state index is 0.000671. The molecule has 1 amide bonds. The average Bonchev–Trinajstić information content (AvgIpc) is 2.85. The number of thiocarbonyl (C=S) groups is 1. The van der Waals surface area contributed by atoms with Gasteiger partial charge in [0.15, 0.2) is 0 Å². The van der Waals surface area contributed by atoms with Gasteiger partial charge in [-0.25, -0.2) is 13.2 Å². The Kier molecular flexibility index (Phi) is 8.70. The summed E-state index contributed by atoms with van der Waals surface area (Å²) in [6, 6.07) is 1.82. The van der Waals surface area contributed by atoms with Gasteiger partial charge in [0.1, 0.15) is 0 Å². The van der Waals surface area contributed by atoms with E-state index in [9.17, 15) is 44.7 Å². The van der Waals surface area contributed by atoms with Crippen molar-refractivity contribution in [3.63, 3.8) is 0 Å². The van der Waals surface area contributed by atoms with E-state index in [1.807, 2.05) is 5.32 Å². The summed E-state index contributed by atoms with van der Waals surface area (Å²) < 4.78 is 108. The fourth-order valence-corrected chi connectivity index (χ4v) is 5.97. The van der Waals surface area contributed by atoms with Crippen LogP contribution >= 0.6 is 12.2 Å². The Hall–Kier alpha value is -3.13. The van der Waals surface area contributed by atoms with Crippen LogP contribution in [0.5, 0.6) is 0 Å². The number of nitrogens with zero attached hydrogens (tertiary/aromatic N) is 2. The number of piperazine rings is 1. The molecule has 212 valence electrons. The van der Waals surface area contributed by atoms with Gasteiger partial charge in [0.25, 0.3) is 5.60 Å². The van der Waals surface area contributed by atoms with Crippen molar-refractivity contribution in [1.29, 1.82) is 0 Å². The normalized spacial score (nSPS) is 17.4. The molecule has 2 aliphatic rings. The Bertz CT molecular complexity index is 1350. The molecule has 16 heteroatoms. The number of rotatable bonds is 5. The van der Waals surface area contributed by atoms with E-state index < -0.39 is 46.2 Å². The molecule has 0 atom stereocenters. The van der Waals surface area contributed by atoms with Crippen LogP contribution in [0.25, 0.3) is 0 Å². The smallest absolute Gasteiger partial charge is 0.430 e. The van der Waals surface area contributed by atoms with Crippen LogP contribution in [0.1, 0.15) is 17.5 Å². The lowest BCUT2D eigenvalue weighted by molar-refractivity contribution is -0.376. The molecule has 3 rings (SSSR count). The molecule has 8 nitrogen and oxygen atoms in total. The Balaban J connectivity index is 1.96. The molecular formula is C23H21F6N3O5S2. The van der Waals surface area contributed by atoms with E-state index in [0.717, 1.165) is 6.07 Å². The zero-order chi connectivity index (χ0) is 29.2. The van der Waals surface area contributed by atoms with Crippen LogP contribution in [0.15, 0.2) is 41.3 Å². The van der Waals surface area contributed by atoms with Crippen molar-refractivity contribution in [3.8, 4) is 11.8 Å². The monoisotopic (exact) mass is 597 g/mol. The Morgan fingerprint density at radius 1 is 1.08 bits per heavy atom. The third kappa shape index (κ3) is 6.21. The first-order valence-corrected chi connectivity index (χ1v) is 13.0. The van der Waals surface area contributed by atoms with Gasteiger partial charge in [-0.2, -0.15) is 30.6 Å². The maximum atomic E-state index is 13.4. The Morgan fingerprint density at radius 2 is 1.69 bits per heavy atom. The van der Waals surface area contributed by atoms with Crippen molar-refractivity contribution in [2.45, 2.75) is 24.4 Å². The van der Waals surface area contributed by atoms with Crippen LogP contribution in [0.2, 0.25) is 0 Å². The number of nitrogens with one attached hydrogen (secondary N) is 1. The number of amides is 1. The van der Waals surface area contributed by atoms with E-state index in [1.165, 1.54) is 15.3 Å². The zero-order valence-corrected chi connectivity index (χ0v) is 21.4. The molecule has 0 unspecified atom stereocenters. The molecule has 39 heavy (non-hydrogen) atoms. The minimum atomic E-state index is -6.12. The highest BCUT2D eigenvalue weighted by Crippen LogP contribution is 2.50. The highest BCUT2D eigenvalue weighted by molar-refractivity contribution is 7.96. The van der Waals surface area contributed by atoms with Crippen molar-refractivity contribution in [2.24, 2.45) is 0 Å². The number of sulfonamides is 1. The predicted molar refractivity (Wildman–Crippen MR) is 132 cm³/mol. The molecule has 0 saturated carbocycles. The number of alkyl halides is 6. The van der Waals surface area contributed by atoms with Gasteiger partial charge in [0.2, 0.25) is 10.0 Å². The highest BCUT2D eigenvalue weighted by atomic mass is 32.2. The Labute approximate surface area is 224 Å². The van der Waals surface area contributed by atoms with Crippen molar-refractivity contribution < 1.29 is 49.8 Å². The first kappa shape index (κ1) is 30.4. The fourth-order valence-electron chi connectivity index (χ4n) is 3.95. The number of carbonyl (C=O) groups is 1. The standard InChI is InChI=1S/C23H21F6N3O5S2/c24-22(25,26)21(35,23(27,28)29)16-7-8-17(15(14-16)4-3-9-30-20(33)34)31-10-12-32(13-11-31)39(36,37)19-6-2-1-5-18(19)38/h1-2,6-8,14,30,35H,5,9-13H2,(H,33,34). The van der Waals surface area contributed by atoms with E-state index in [2.05, 4.69) is 11.8 Å². The molecule has 1 aliphatic carbocycles. The summed E-state index contributed by atoms with van der Waals surface area (Å²) in [7, 11) is -3.93. The summed E-state index contributed by atoms with van der Waals surface area (Å²) in [6.45, 7) is -0.637. The molecule has 1 aromatic carbocycles. The predicted octanol–water partition coefficient (Wildman–Crippen LogP) is 3.28. The first-order valence-electron chi connectivity index (χ1n) is 11.1. The number of halogens is 6. The molecule has 1 aromatic rings. The van der Waals surface area contributed by atoms with E-state index in [4.69, 9.17) is 17.3 Å². The molecule has 1 heterocycles. The summed E-state index contributed by atoms with van der Waals surface area (Å²) in [6.07, 6.45) is -8.76. The van der Waals surface area contributed by atoms with Gasteiger partial charge in [0.05, 0.1) is 17.1 Å². The summed E-state index contributed by atoms with van der Waals surface area (Å²) in [4.78, 5) is 12.4. The van der Waals surface area contributed by atoms with Crippen molar-refractivity contribution in [2.75, 3.05) is 37.6 Å². The zero-order valence-electron chi connectivity index (χ0n) is 19.8. The fraction of sp³-hybridized carbons (Fsp3) is 0.391. The molecule has 1 fully saturated rings. The number of carboxylic acid groups (broad SMARTS) is 1. The average molecular weight is 598 g/mol. The molecule has 0 bridgehead atoms. The van der Waals surface area contributed by atoms with Crippen LogP contribution in [0.4, 0.5) is 36.8 Å². The van der Waals surface area contributed by atoms with E-state index in [-0.39, 0.29) is 53.6 Å². The molecule has 1 saturated heterocycles. The highest BCUT2D eigenvalue weighted by Gasteiger charge is 2.71. The second kappa shape index (κ2) is 11.2. The van der Waals surface area contributed by atoms with Gasteiger partial charge in [-0.15, -0.1) is 0 Å². The maximum absolute atomic E-state index is 13.4. The van der Waals surface area contributed by atoms with Crippen LogP contribution in [0, 0.1) is 11.8 Å². The second-order valence-corrected chi connectivity index (χ2v) is 10.8. The lowest BCUT2D eigenvalue weighted by Gasteiger charge is -2.37. The number of anilines is 1. The quantitative estimate of drug-likeness (QED) is 0.272. The Morgan fingerprint density at radius 3 is 2.23 bits per heavy atom. The van der Waals surface area contributed by atoms with Gasteiger partial charge in [-0.3, -0.25) is 0 Å². The lowest BCUT2D eigenvalue weighted by atomic mass is 9.90. The van der Waals surface area contributed by atoms with Gasteiger partial charge < -0.3 is 20.4 Å². The van der Waals surface area contributed by atoms with Gasteiger partial charge in [0, 0.05) is 48.6 Å². The topological polar surface area (TPSA) is 110 Å². The summed E-state index contributed by atoms with van der Waals surface area (Å²) in [5.74, 6) is 4.65. The maximum Gasteiger partial charge on any atom is 0.430 e. The van der Waals surface area contributed by atoms with E-state index in [1.54, 1.807) is 12.2 Å². The number of hydrogen-bond donors (Lipinski definition) is 3. The summed E-state index contributed by atoms with van der Waals surface area (Å²) in [5.41, 5.74) is -7.01. The van der Waals surface area contributed by atoms with Gasteiger partial charge in [-0.1, -0.05) is 42.3 Å². The molecule has 0 radical (unpaired) electrons. The van der Waals surface area contributed by atoms with Gasteiger partial charge >= 0.3 is 18.4 Å². The van der Waals surface area contributed by atoms with Crippen LogP contribution < -0.4 is 10.2 Å². The molecule has 0 aromatic heterocycles. The first-order chi connectivity index (χ1) is 18.0. The largest absolute Gasteiger partial charge is 0.465 e. The number of aliphatic hydroxyl groups is 1. The summed E-state index contributed by atoms with van der Waals surface area (Å²) >= 11 is 5.15. The van der Waals surface area contributed by atoms with Crippen LogP contribution in [-0.2, 0) is 15.6 Å². The molecule has 0 spiro atoms. The number of allylic oxidation sites excluding steroid dienone is 4. The third-order valence-corrected chi connectivity index (χ3v) is 8.44. The molecule has 1 aliphatic heterocycles. The lowest BCUT2D eigenvalue weighted by Crippen LogP contribution is -2.54. The minimum Gasteiger partial charge on any atom is -0.465 e. The van der Waals surface area contributed by atoms with E-state index >= 15 is 0 Å². The van der Waals surface area contributed by atoms with Crippen molar-refractivity contribution in [3.05, 3.63) is 52.5 Å². The number of hydrogen-bond acceptors (Lipinski definition) is 6. The third-order valence-electron chi connectivity index (χ3n) is 5.94. The van der Waals surface area contributed by atoms with Crippen LogP contribution in [0.3, 0.4) is 0 Å². The van der Waals surface area contributed by atoms with Crippen molar-refractivity contribution in [1.82, 2.24) is 9.62 Å². The molecule has 3 N–H and O–H groups in total. The second-order valence-electron chi connectivity index (χ2n) is 8.38. The SMILES string of the molecule is O=C(O)NCC#Cc1cc(C(O)(C(F)(F)F)C(F)(F)F)ccc1N1CCN(S(=O)(=O)C2=CC=CCC2=S)CC1. The summed E-state index contributed by atoms with van der Waals surface area (Å²) in [5, 5.41) is 20.4. The van der Waals surface area contributed by atoms with Crippen LogP contribution in [-0.4, -0.2) is 79.0 Å². The van der Waals surface area contributed by atoms with Crippen molar-refractivity contribution >= 4 is 38.9 Å². The van der Waals surface area contributed by atoms with E-state index in [0.29, 0.717) is 12.1 Å². The van der Waals surface area contributed by atoms with Gasteiger partial charge in [-0.05, 0) is 18.2 Å². The number of benzene rings is 1. The molecular weight excluding hydrogens is 576 g/mol.